The Morgan fingerprint density at radius 3 is 2.03 bits per heavy atom. The molecule has 4 unspecified atom stereocenters. The lowest BCUT2D eigenvalue weighted by atomic mass is 10.0. The molecule has 1 saturated heterocycles. The first-order valence-electron chi connectivity index (χ1n) is 11.9. The molecule has 2 N–H and O–H groups in total. The maximum absolute atomic E-state index is 12.6. The lowest BCUT2D eigenvalue weighted by molar-refractivity contribution is -0.151. The largest absolute Gasteiger partial charge is 0.394 e. The van der Waals surface area contributed by atoms with E-state index in [2.05, 4.69) is 0 Å². The van der Waals surface area contributed by atoms with Crippen LogP contribution in [0.25, 0.3) is 0 Å². The van der Waals surface area contributed by atoms with Crippen LogP contribution in [0, 0.1) is 0 Å². The van der Waals surface area contributed by atoms with Crippen LogP contribution in [-0.4, -0.2) is 67.7 Å². The molecule has 1 fully saturated rings. The van der Waals surface area contributed by atoms with E-state index in [-0.39, 0.29) is 36.0 Å². The maximum Gasteiger partial charge on any atom is 0.249 e. The van der Waals surface area contributed by atoms with Gasteiger partial charge in [-0.25, -0.2) is 0 Å². The number of aliphatic hydroxyl groups is 2. The third kappa shape index (κ3) is 11.7. The van der Waals surface area contributed by atoms with E-state index in [1.807, 2.05) is 87.2 Å². The molecule has 9 heteroatoms. The molecular weight excluding hydrogens is 521 g/mol. The summed E-state index contributed by atoms with van der Waals surface area (Å²) in [4.78, 5) is 14.4. The number of aliphatic hydroxyl groups excluding tert-OH is 2. The van der Waals surface area contributed by atoms with Gasteiger partial charge in [0.05, 0.1) is 25.4 Å². The fraction of sp³-hybridized carbons (Fsp3) is 0.519. The summed E-state index contributed by atoms with van der Waals surface area (Å²) in [5.41, 5.74) is 0.993. The second-order valence-electron chi connectivity index (χ2n) is 9.40. The van der Waals surface area contributed by atoms with Gasteiger partial charge in [-0.05, 0) is 63.9 Å². The monoisotopic (exact) mass is 559 g/mol. The smallest absolute Gasteiger partial charge is 0.249 e. The molecule has 2 aromatic rings. The minimum absolute atomic E-state index is 0.0426. The number of hydrogen-bond acceptors (Lipinski definition) is 5. The van der Waals surface area contributed by atoms with Gasteiger partial charge in [-0.3, -0.25) is 9.00 Å². The molecule has 0 aliphatic carbocycles. The summed E-state index contributed by atoms with van der Waals surface area (Å²) >= 11 is 11.5. The zero-order valence-corrected chi connectivity index (χ0v) is 24.0. The zero-order valence-electron chi connectivity index (χ0n) is 21.7. The molecular formula is C27H39Cl2NO5S. The topological polar surface area (TPSA) is 87.1 Å². The van der Waals surface area contributed by atoms with Crippen LogP contribution in [0.5, 0.6) is 0 Å². The Morgan fingerprint density at radius 2 is 1.61 bits per heavy atom. The first-order chi connectivity index (χ1) is 16.9. The van der Waals surface area contributed by atoms with Gasteiger partial charge in [-0.1, -0.05) is 60.5 Å². The number of benzene rings is 2. The Balaban J connectivity index is 0.000000442. The first-order valence-corrected chi connectivity index (χ1v) is 14.0. The molecule has 0 radical (unpaired) electrons. The van der Waals surface area contributed by atoms with Gasteiger partial charge in [0.2, 0.25) is 5.91 Å². The first kappa shape index (κ1) is 32.5. The third-order valence-corrected chi connectivity index (χ3v) is 7.83. The summed E-state index contributed by atoms with van der Waals surface area (Å²) in [7, 11) is -1.01. The minimum atomic E-state index is -1.01. The Kier molecular flexibility index (Phi) is 14.8. The summed E-state index contributed by atoms with van der Waals surface area (Å²) in [5.74, 6) is 0.439. The van der Waals surface area contributed by atoms with Crippen LogP contribution in [0.15, 0.2) is 54.6 Å². The summed E-state index contributed by atoms with van der Waals surface area (Å²) in [5, 5.41) is 17.5. The van der Waals surface area contributed by atoms with Crippen LogP contribution in [0.4, 0.5) is 0 Å². The number of hydrogen-bond donors (Lipinski definition) is 2. The van der Waals surface area contributed by atoms with Crippen LogP contribution < -0.4 is 0 Å². The quantitative estimate of drug-likeness (QED) is 0.503. The predicted molar refractivity (Wildman–Crippen MR) is 149 cm³/mol. The van der Waals surface area contributed by atoms with Crippen molar-refractivity contribution in [3.05, 3.63) is 70.2 Å². The normalized spacial score (nSPS) is 18.2. The van der Waals surface area contributed by atoms with E-state index in [0.29, 0.717) is 17.4 Å². The number of halogens is 2. The van der Waals surface area contributed by atoms with Gasteiger partial charge in [-0.2, -0.15) is 0 Å². The summed E-state index contributed by atoms with van der Waals surface area (Å²) in [6.07, 6.45) is 0.201. The maximum atomic E-state index is 12.6. The molecule has 36 heavy (non-hydrogen) atoms. The zero-order chi connectivity index (χ0) is 27.3. The van der Waals surface area contributed by atoms with E-state index >= 15 is 0 Å². The van der Waals surface area contributed by atoms with E-state index in [0.717, 1.165) is 17.0 Å². The number of amides is 1. The Labute approximate surface area is 228 Å². The molecule has 0 aromatic heterocycles. The summed E-state index contributed by atoms with van der Waals surface area (Å²) < 4.78 is 17.8. The Hall–Kier alpha value is -1.48. The Bertz CT molecular complexity index is 920. The highest BCUT2D eigenvalue weighted by molar-refractivity contribution is 7.86. The molecule has 0 bridgehead atoms. The van der Waals surface area contributed by atoms with E-state index in [1.165, 1.54) is 6.92 Å². The highest BCUT2D eigenvalue weighted by Gasteiger charge is 2.36. The minimum Gasteiger partial charge on any atom is -0.394 e. The van der Waals surface area contributed by atoms with Gasteiger partial charge in [0.1, 0.15) is 6.61 Å². The molecule has 1 amide bonds. The van der Waals surface area contributed by atoms with Gasteiger partial charge in [0.25, 0.3) is 0 Å². The molecule has 1 aliphatic heterocycles. The van der Waals surface area contributed by atoms with Gasteiger partial charge >= 0.3 is 0 Å². The fourth-order valence-electron chi connectivity index (χ4n) is 3.22. The number of ether oxygens (including phenoxy) is 1. The average molecular weight is 561 g/mol. The second kappa shape index (κ2) is 16.4. The van der Waals surface area contributed by atoms with Crippen LogP contribution in [-0.2, 0) is 20.3 Å². The van der Waals surface area contributed by atoms with Crippen LogP contribution >= 0.6 is 23.2 Å². The molecule has 1 aliphatic rings. The van der Waals surface area contributed by atoms with E-state index in [9.17, 15) is 9.00 Å². The molecule has 0 saturated carbocycles. The molecule has 202 valence electrons. The number of nitrogens with zero attached hydrogens (tertiary/aromatic N) is 1. The second-order valence-corrected chi connectivity index (χ2v) is 12.5. The van der Waals surface area contributed by atoms with E-state index in [1.54, 1.807) is 0 Å². The molecule has 1 heterocycles. The highest BCUT2D eigenvalue weighted by atomic mass is 35.5. The van der Waals surface area contributed by atoms with Crippen molar-refractivity contribution < 1.29 is 24.0 Å². The van der Waals surface area contributed by atoms with Gasteiger partial charge in [-0.15, -0.1) is 0 Å². The molecule has 0 spiro atoms. The van der Waals surface area contributed by atoms with Crippen molar-refractivity contribution in [3.8, 4) is 0 Å². The Morgan fingerprint density at radius 1 is 1.08 bits per heavy atom. The van der Waals surface area contributed by atoms with Crippen molar-refractivity contribution in [1.82, 2.24) is 4.90 Å². The molecule has 6 nitrogen and oxygen atoms in total. The lowest BCUT2D eigenvalue weighted by Gasteiger charge is -2.41. The highest BCUT2D eigenvalue weighted by Crippen LogP contribution is 2.30. The third-order valence-electron chi connectivity index (χ3n) is 5.27. The number of rotatable bonds is 6. The standard InChI is InChI=1S/C18H26ClNO3S.C6H5Cl.C3H8O2/c1-5-15(12-24(22)18(2,3)4)20-16(10-23-11-17(20)21)13-6-8-14(19)9-7-13;7-6-4-2-1-3-5-6;1-3(5)2-4/h6-9,15-16H,5,10-12H2,1-4H3;1-5H;3-5H,2H2,1H3. The molecule has 4 atom stereocenters. The van der Waals surface area contributed by atoms with Gasteiger partial charge in [0, 0.05) is 37.4 Å². The van der Waals surface area contributed by atoms with Crippen molar-refractivity contribution in [3.63, 3.8) is 0 Å². The molecule has 3 rings (SSSR count). The van der Waals surface area contributed by atoms with Crippen molar-refractivity contribution in [1.29, 1.82) is 0 Å². The molecule has 2 aromatic carbocycles. The van der Waals surface area contributed by atoms with Gasteiger partial charge in [0.15, 0.2) is 0 Å². The van der Waals surface area contributed by atoms with E-state index in [4.69, 9.17) is 38.2 Å². The summed E-state index contributed by atoms with van der Waals surface area (Å²) in [6.45, 7) is 9.86. The number of carbonyl (C=O) groups is 1. The van der Waals surface area contributed by atoms with Crippen molar-refractivity contribution in [2.75, 3.05) is 25.6 Å². The lowest BCUT2D eigenvalue weighted by Crippen LogP contribution is -2.52. The SMILES string of the molecule is CC(O)CO.CCC(CS(=O)C(C)(C)C)N1C(=O)COCC1c1ccc(Cl)cc1.Clc1ccccc1. The van der Waals surface area contributed by atoms with Crippen molar-refractivity contribution >= 4 is 39.9 Å². The number of morpholine rings is 1. The predicted octanol–water partition coefficient (Wildman–Crippen LogP) is 5.27. The summed E-state index contributed by atoms with van der Waals surface area (Å²) in [6, 6.07) is 16.7. The van der Waals surface area contributed by atoms with Crippen LogP contribution in [0.3, 0.4) is 0 Å². The van der Waals surface area contributed by atoms with Gasteiger partial charge < -0.3 is 19.8 Å². The van der Waals surface area contributed by atoms with Crippen LogP contribution in [0.1, 0.15) is 52.6 Å². The van der Waals surface area contributed by atoms with E-state index < -0.39 is 16.9 Å². The fourth-order valence-corrected chi connectivity index (χ4v) is 4.74. The van der Waals surface area contributed by atoms with Crippen LogP contribution in [0.2, 0.25) is 10.0 Å². The van der Waals surface area contributed by atoms with Crippen molar-refractivity contribution in [2.45, 2.75) is 64.0 Å². The number of carbonyl (C=O) groups excluding carboxylic acids is 1. The van der Waals surface area contributed by atoms with Crippen molar-refractivity contribution in [2.24, 2.45) is 0 Å². The average Bonchev–Trinajstić information content (AvgIpc) is 2.83.